The van der Waals surface area contributed by atoms with E-state index in [-0.39, 0.29) is 38.4 Å². The average Bonchev–Trinajstić information content (AvgIpc) is 3.33. The van der Waals surface area contributed by atoms with Crippen LogP contribution in [0.4, 0.5) is 13.9 Å². The van der Waals surface area contributed by atoms with Crippen molar-refractivity contribution in [2.75, 3.05) is 18.0 Å². The third-order valence-corrected chi connectivity index (χ3v) is 9.44. The summed E-state index contributed by atoms with van der Waals surface area (Å²) in [6.45, 7) is 2.30. The van der Waals surface area contributed by atoms with Crippen LogP contribution in [0.1, 0.15) is 24.1 Å². The van der Waals surface area contributed by atoms with Crippen molar-refractivity contribution >= 4 is 42.6 Å². The summed E-state index contributed by atoms with van der Waals surface area (Å²) in [5.74, 6) is -2.58. The van der Waals surface area contributed by atoms with Gasteiger partial charge in [-0.2, -0.15) is 4.31 Å². The van der Waals surface area contributed by atoms with Crippen molar-refractivity contribution in [1.82, 2.24) is 14.3 Å². The van der Waals surface area contributed by atoms with Gasteiger partial charge in [-0.15, -0.1) is 0 Å². The molecule has 0 unspecified atom stereocenters. The number of anilines is 1. The summed E-state index contributed by atoms with van der Waals surface area (Å²) in [5, 5.41) is 0.559. The lowest BCUT2D eigenvalue weighted by Crippen LogP contribution is -2.44. The summed E-state index contributed by atoms with van der Waals surface area (Å²) in [7, 11) is -4.16. The van der Waals surface area contributed by atoms with E-state index in [9.17, 15) is 22.0 Å². The summed E-state index contributed by atoms with van der Waals surface area (Å²) in [4.78, 5) is 24.0. The molecule has 1 saturated heterocycles. The van der Waals surface area contributed by atoms with Gasteiger partial charge in [-0.1, -0.05) is 29.5 Å². The van der Waals surface area contributed by atoms with Crippen LogP contribution in [-0.2, 0) is 21.4 Å². The number of aromatic nitrogens is 2. The van der Waals surface area contributed by atoms with Gasteiger partial charge in [0.1, 0.15) is 16.5 Å². The van der Waals surface area contributed by atoms with E-state index < -0.39 is 32.5 Å². The fraction of sp³-hybridized carbons (Fsp3) is 0.269. The van der Waals surface area contributed by atoms with Crippen LogP contribution in [0.15, 0.2) is 65.7 Å². The third-order valence-electron chi connectivity index (χ3n) is 6.47. The fourth-order valence-electron chi connectivity index (χ4n) is 4.47. The number of aryl methyl sites for hydroxylation is 1. The van der Waals surface area contributed by atoms with Crippen LogP contribution in [0.3, 0.4) is 0 Å². The number of para-hydroxylation sites is 1. The first-order chi connectivity index (χ1) is 17.7. The van der Waals surface area contributed by atoms with Gasteiger partial charge in [0, 0.05) is 31.3 Å². The van der Waals surface area contributed by atoms with Crippen LogP contribution in [0.2, 0.25) is 0 Å². The summed E-state index contributed by atoms with van der Waals surface area (Å²) in [6.07, 6.45) is 2.20. The normalized spacial score (nSPS) is 15.2. The maximum Gasteiger partial charge on any atom is 0.245 e. The highest BCUT2D eigenvalue weighted by atomic mass is 32.2. The lowest BCUT2D eigenvalue weighted by atomic mass is 9.96. The first-order valence-electron chi connectivity index (χ1n) is 11.8. The number of carbonyl (C=O) groups is 1. The topological polar surface area (TPSA) is 83.5 Å². The van der Waals surface area contributed by atoms with Crippen molar-refractivity contribution in [2.24, 2.45) is 5.92 Å². The highest BCUT2D eigenvalue weighted by Gasteiger charge is 2.36. The minimum absolute atomic E-state index is 0.0476. The molecule has 2 aromatic heterocycles. The highest BCUT2D eigenvalue weighted by Crippen LogP contribution is 2.34. The first-order valence-corrected chi connectivity index (χ1v) is 14.0. The molecule has 1 fully saturated rings. The van der Waals surface area contributed by atoms with Gasteiger partial charge in [-0.3, -0.25) is 14.7 Å². The summed E-state index contributed by atoms with van der Waals surface area (Å²) < 4.78 is 55.6. The highest BCUT2D eigenvalue weighted by molar-refractivity contribution is 7.89. The molecule has 0 bridgehead atoms. The molecule has 0 aliphatic carbocycles. The smallest absolute Gasteiger partial charge is 0.245 e. The Balaban J connectivity index is 1.38. The second-order valence-corrected chi connectivity index (χ2v) is 11.8. The van der Waals surface area contributed by atoms with E-state index in [4.69, 9.17) is 4.98 Å². The van der Waals surface area contributed by atoms with Crippen LogP contribution in [0, 0.1) is 24.5 Å². The molecular formula is C26H24F2N4O3S2. The standard InChI is InChI=1S/C26H24F2N4O3S2/c1-17-5-4-7-22-24(17)30-26(36-22)32(16-20-6-2-3-12-29-20)25(33)18-10-13-31(14-11-18)37(34,35)23-9-8-19(27)15-21(23)28/h2-9,12,15,18H,10-11,13-14,16H2,1H3. The Labute approximate surface area is 217 Å². The number of hydrogen-bond acceptors (Lipinski definition) is 6. The van der Waals surface area contributed by atoms with Crippen LogP contribution >= 0.6 is 11.3 Å². The maximum atomic E-state index is 14.2. The number of fused-ring (bicyclic) bond motifs is 1. The Kier molecular flexibility index (Phi) is 7.02. The molecule has 3 heterocycles. The molecule has 0 N–H and O–H groups in total. The van der Waals surface area contributed by atoms with Gasteiger partial charge in [-0.25, -0.2) is 22.2 Å². The molecule has 0 atom stereocenters. The number of piperidine rings is 1. The number of benzene rings is 2. The van der Waals surface area contributed by atoms with Gasteiger partial charge in [0.2, 0.25) is 15.9 Å². The van der Waals surface area contributed by atoms with E-state index in [0.717, 1.165) is 32.2 Å². The van der Waals surface area contributed by atoms with E-state index in [1.807, 2.05) is 37.3 Å². The summed E-state index contributed by atoms with van der Waals surface area (Å²) in [5.41, 5.74) is 2.55. The predicted octanol–water partition coefficient (Wildman–Crippen LogP) is 4.91. The fourth-order valence-corrected chi connectivity index (χ4v) is 7.03. The minimum Gasteiger partial charge on any atom is -0.282 e. The van der Waals surface area contributed by atoms with E-state index in [2.05, 4.69) is 4.98 Å². The second-order valence-electron chi connectivity index (χ2n) is 8.92. The van der Waals surface area contributed by atoms with Crippen molar-refractivity contribution in [1.29, 1.82) is 0 Å². The number of halogens is 2. The number of hydrogen-bond donors (Lipinski definition) is 0. The zero-order valence-electron chi connectivity index (χ0n) is 20.0. The number of pyridine rings is 1. The SMILES string of the molecule is Cc1cccc2sc(N(Cc3ccccn3)C(=O)C3CCN(S(=O)(=O)c4ccc(F)cc4F)CC3)nc12. The lowest BCUT2D eigenvalue weighted by molar-refractivity contribution is -0.123. The first kappa shape index (κ1) is 25.4. The molecule has 0 saturated carbocycles. The van der Waals surface area contributed by atoms with Crippen LogP contribution in [-0.4, -0.2) is 41.7 Å². The zero-order valence-corrected chi connectivity index (χ0v) is 21.6. The molecule has 4 aromatic rings. The molecule has 2 aromatic carbocycles. The Hall–Kier alpha value is -3.28. The van der Waals surface area contributed by atoms with E-state index in [1.165, 1.54) is 11.3 Å². The number of amides is 1. The molecule has 7 nitrogen and oxygen atoms in total. The number of sulfonamides is 1. The van der Waals surface area contributed by atoms with E-state index in [0.29, 0.717) is 16.9 Å². The number of carbonyl (C=O) groups excluding carboxylic acids is 1. The molecule has 1 aliphatic heterocycles. The van der Waals surface area contributed by atoms with Crippen molar-refractivity contribution in [3.05, 3.63) is 83.7 Å². The molecule has 1 amide bonds. The Bertz CT molecular complexity index is 1550. The molecular weight excluding hydrogens is 518 g/mol. The molecule has 11 heteroatoms. The van der Waals surface area contributed by atoms with Crippen molar-refractivity contribution < 1.29 is 22.0 Å². The van der Waals surface area contributed by atoms with Crippen LogP contribution in [0.25, 0.3) is 10.2 Å². The van der Waals surface area contributed by atoms with E-state index in [1.54, 1.807) is 17.2 Å². The van der Waals surface area contributed by atoms with Crippen LogP contribution in [0.5, 0.6) is 0 Å². The van der Waals surface area contributed by atoms with Crippen molar-refractivity contribution in [3.63, 3.8) is 0 Å². The number of rotatable bonds is 6. The largest absolute Gasteiger partial charge is 0.282 e. The quantitative estimate of drug-likeness (QED) is 0.346. The Morgan fingerprint density at radius 3 is 2.57 bits per heavy atom. The molecule has 192 valence electrons. The molecule has 1 aliphatic rings. The van der Waals surface area contributed by atoms with Gasteiger partial charge in [0.15, 0.2) is 5.13 Å². The van der Waals surface area contributed by atoms with Crippen LogP contribution < -0.4 is 4.90 Å². The molecule has 0 radical (unpaired) electrons. The summed E-state index contributed by atoms with van der Waals surface area (Å²) >= 11 is 1.42. The van der Waals surface area contributed by atoms with Crippen molar-refractivity contribution in [3.8, 4) is 0 Å². The minimum atomic E-state index is -4.16. The second kappa shape index (κ2) is 10.2. The van der Waals surface area contributed by atoms with Gasteiger partial charge in [-0.05, 0) is 55.7 Å². The van der Waals surface area contributed by atoms with Crippen molar-refractivity contribution in [2.45, 2.75) is 31.2 Å². The Morgan fingerprint density at radius 2 is 1.89 bits per heavy atom. The third kappa shape index (κ3) is 5.11. The van der Waals surface area contributed by atoms with Gasteiger partial charge in [0.25, 0.3) is 0 Å². The maximum absolute atomic E-state index is 14.2. The lowest BCUT2D eigenvalue weighted by Gasteiger charge is -2.33. The average molecular weight is 543 g/mol. The number of nitrogens with zero attached hydrogens (tertiary/aromatic N) is 4. The molecule has 0 spiro atoms. The van der Waals surface area contributed by atoms with Gasteiger partial charge in [0.05, 0.1) is 22.5 Å². The Morgan fingerprint density at radius 1 is 1.11 bits per heavy atom. The van der Waals surface area contributed by atoms with Gasteiger partial charge < -0.3 is 0 Å². The number of thiazole rings is 1. The molecule has 5 rings (SSSR count). The zero-order chi connectivity index (χ0) is 26.2. The summed E-state index contributed by atoms with van der Waals surface area (Å²) in [6, 6.07) is 13.8. The molecule has 37 heavy (non-hydrogen) atoms. The van der Waals surface area contributed by atoms with E-state index >= 15 is 0 Å². The van der Waals surface area contributed by atoms with Gasteiger partial charge >= 0.3 is 0 Å². The predicted molar refractivity (Wildman–Crippen MR) is 138 cm³/mol. The monoisotopic (exact) mass is 542 g/mol.